The summed E-state index contributed by atoms with van der Waals surface area (Å²) in [5.74, 6) is 0. The van der Waals surface area contributed by atoms with Crippen molar-refractivity contribution >= 4 is 10.0 Å². The molecule has 1 aliphatic heterocycles. The summed E-state index contributed by atoms with van der Waals surface area (Å²) in [6.45, 7) is 5.65. The van der Waals surface area contributed by atoms with Gasteiger partial charge in [-0.2, -0.15) is 4.31 Å². The van der Waals surface area contributed by atoms with Gasteiger partial charge in [0.25, 0.3) is 0 Å². The van der Waals surface area contributed by atoms with E-state index in [0.717, 1.165) is 0 Å². The Morgan fingerprint density at radius 1 is 1.47 bits per heavy atom. The van der Waals surface area contributed by atoms with E-state index in [1.807, 2.05) is 13.8 Å². The molecule has 1 N–H and O–H groups in total. The molecule has 6 heteroatoms. The Kier molecular flexibility index (Phi) is 3.20. The minimum Gasteiger partial charge on any atom is -0.309 e. The van der Waals surface area contributed by atoms with Crippen molar-refractivity contribution in [1.82, 2.24) is 14.6 Å². The van der Waals surface area contributed by atoms with Crippen molar-refractivity contribution in [3.05, 3.63) is 24.5 Å². The van der Waals surface area contributed by atoms with E-state index < -0.39 is 10.0 Å². The molecule has 0 radical (unpaired) electrons. The molecule has 1 saturated heterocycles. The molecule has 1 fully saturated rings. The normalized spacial score (nSPS) is 21.3. The van der Waals surface area contributed by atoms with Gasteiger partial charge in [0.1, 0.15) is 4.90 Å². The van der Waals surface area contributed by atoms with Crippen LogP contribution in [0.15, 0.2) is 29.4 Å². The first-order chi connectivity index (χ1) is 7.92. The van der Waals surface area contributed by atoms with E-state index in [1.54, 1.807) is 18.3 Å². The summed E-state index contributed by atoms with van der Waals surface area (Å²) in [5, 5.41) is 3.29. The number of pyridine rings is 1. The molecular weight excluding hydrogens is 238 g/mol. The van der Waals surface area contributed by atoms with Gasteiger partial charge in [0, 0.05) is 37.6 Å². The fraction of sp³-hybridized carbons (Fsp3) is 0.545. The number of rotatable bonds is 2. The molecule has 0 aliphatic carbocycles. The van der Waals surface area contributed by atoms with E-state index in [-0.39, 0.29) is 10.4 Å². The molecule has 0 aromatic carbocycles. The zero-order valence-electron chi connectivity index (χ0n) is 10.0. The van der Waals surface area contributed by atoms with Gasteiger partial charge in [0.05, 0.1) is 0 Å². The third-order valence-electron chi connectivity index (χ3n) is 2.81. The van der Waals surface area contributed by atoms with Crippen LogP contribution in [0, 0.1) is 0 Å². The highest BCUT2D eigenvalue weighted by Gasteiger charge is 2.33. The van der Waals surface area contributed by atoms with Gasteiger partial charge in [-0.15, -0.1) is 0 Å². The third kappa shape index (κ3) is 2.65. The van der Waals surface area contributed by atoms with Crippen molar-refractivity contribution in [2.45, 2.75) is 24.3 Å². The maximum absolute atomic E-state index is 12.3. The van der Waals surface area contributed by atoms with E-state index >= 15 is 0 Å². The van der Waals surface area contributed by atoms with Gasteiger partial charge in [0.15, 0.2) is 0 Å². The van der Waals surface area contributed by atoms with Crippen LogP contribution in [-0.4, -0.2) is 42.9 Å². The van der Waals surface area contributed by atoms with Crippen LogP contribution in [0.4, 0.5) is 0 Å². The van der Waals surface area contributed by atoms with Gasteiger partial charge in [-0.25, -0.2) is 8.42 Å². The number of hydrogen-bond donors (Lipinski definition) is 1. The molecule has 5 nitrogen and oxygen atoms in total. The second kappa shape index (κ2) is 4.36. The fourth-order valence-corrected chi connectivity index (χ4v) is 3.52. The molecule has 0 bridgehead atoms. The summed E-state index contributed by atoms with van der Waals surface area (Å²) in [7, 11) is -3.40. The summed E-state index contributed by atoms with van der Waals surface area (Å²) in [6.07, 6.45) is 2.96. The lowest BCUT2D eigenvalue weighted by atomic mass is 10.0. The van der Waals surface area contributed by atoms with Crippen LogP contribution in [0.5, 0.6) is 0 Å². The van der Waals surface area contributed by atoms with Crippen LogP contribution in [-0.2, 0) is 10.0 Å². The zero-order chi connectivity index (χ0) is 12.5. The standard InChI is InChI=1S/C11H17N3O2S/c1-11(2)9-14(7-6-13-11)17(15,16)10-4-3-5-12-8-10/h3-5,8,13H,6-7,9H2,1-2H3. The van der Waals surface area contributed by atoms with Gasteiger partial charge >= 0.3 is 0 Å². The number of nitrogens with zero attached hydrogens (tertiary/aromatic N) is 2. The topological polar surface area (TPSA) is 62.3 Å². The van der Waals surface area contributed by atoms with E-state index in [0.29, 0.717) is 19.6 Å². The Labute approximate surface area is 102 Å². The molecule has 94 valence electrons. The highest BCUT2D eigenvalue weighted by atomic mass is 32.2. The summed E-state index contributed by atoms with van der Waals surface area (Å²) >= 11 is 0. The molecular formula is C11H17N3O2S. The van der Waals surface area contributed by atoms with Gasteiger partial charge < -0.3 is 5.32 Å². The summed E-state index contributed by atoms with van der Waals surface area (Å²) in [4.78, 5) is 4.12. The lowest BCUT2D eigenvalue weighted by molar-refractivity contribution is 0.233. The molecule has 0 amide bonds. The maximum Gasteiger partial charge on any atom is 0.244 e. The molecule has 2 heterocycles. The first-order valence-corrected chi connectivity index (χ1v) is 7.01. The number of piperazine rings is 1. The van der Waals surface area contributed by atoms with Gasteiger partial charge in [-0.1, -0.05) is 0 Å². The second-order valence-corrected chi connectivity index (χ2v) is 6.78. The summed E-state index contributed by atoms with van der Waals surface area (Å²) in [6, 6.07) is 3.22. The van der Waals surface area contributed by atoms with Gasteiger partial charge in [-0.05, 0) is 26.0 Å². The number of hydrogen-bond acceptors (Lipinski definition) is 4. The molecule has 0 saturated carbocycles. The Bertz CT molecular complexity index is 485. The lowest BCUT2D eigenvalue weighted by Gasteiger charge is -2.38. The average molecular weight is 255 g/mol. The average Bonchev–Trinajstić information content (AvgIpc) is 2.29. The van der Waals surface area contributed by atoms with E-state index in [1.165, 1.54) is 10.5 Å². The van der Waals surface area contributed by atoms with Crippen LogP contribution in [0.3, 0.4) is 0 Å². The van der Waals surface area contributed by atoms with E-state index in [4.69, 9.17) is 0 Å². The molecule has 17 heavy (non-hydrogen) atoms. The van der Waals surface area contributed by atoms with Crippen LogP contribution < -0.4 is 5.32 Å². The largest absolute Gasteiger partial charge is 0.309 e. The molecule has 2 rings (SSSR count). The zero-order valence-corrected chi connectivity index (χ0v) is 10.9. The van der Waals surface area contributed by atoms with Crippen molar-refractivity contribution in [3.63, 3.8) is 0 Å². The molecule has 0 unspecified atom stereocenters. The molecule has 0 atom stereocenters. The first kappa shape index (κ1) is 12.5. The Hall–Kier alpha value is -0.980. The van der Waals surface area contributed by atoms with Crippen LogP contribution in [0.1, 0.15) is 13.8 Å². The van der Waals surface area contributed by atoms with Gasteiger partial charge in [0.2, 0.25) is 10.0 Å². The van der Waals surface area contributed by atoms with Crippen molar-refractivity contribution in [1.29, 1.82) is 0 Å². The fourth-order valence-electron chi connectivity index (χ4n) is 1.95. The highest BCUT2D eigenvalue weighted by molar-refractivity contribution is 7.89. The molecule has 1 aliphatic rings. The van der Waals surface area contributed by atoms with E-state index in [9.17, 15) is 8.42 Å². The second-order valence-electron chi connectivity index (χ2n) is 4.84. The third-order valence-corrected chi connectivity index (χ3v) is 4.64. The monoisotopic (exact) mass is 255 g/mol. The minimum atomic E-state index is -3.40. The summed E-state index contributed by atoms with van der Waals surface area (Å²) in [5.41, 5.74) is -0.187. The van der Waals surface area contributed by atoms with Crippen molar-refractivity contribution in [2.75, 3.05) is 19.6 Å². The van der Waals surface area contributed by atoms with Gasteiger partial charge in [-0.3, -0.25) is 4.98 Å². The highest BCUT2D eigenvalue weighted by Crippen LogP contribution is 2.19. The predicted molar refractivity (Wildman–Crippen MR) is 65.1 cm³/mol. The lowest BCUT2D eigenvalue weighted by Crippen LogP contribution is -2.58. The first-order valence-electron chi connectivity index (χ1n) is 5.57. The smallest absolute Gasteiger partial charge is 0.244 e. The molecule has 0 spiro atoms. The number of nitrogens with one attached hydrogen (secondary N) is 1. The van der Waals surface area contributed by atoms with Crippen molar-refractivity contribution < 1.29 is 8.42 Å². The van der Waals surface area contributed by atoms with Crippen molar-refractivity contribution in [3.8, 4) is 0 Å². The summed E-state index contributed by atoms with van der Waals surface area (Å²) < 4.78 is 26.2. The number of sulfonamides is 1. The quantitative estimate of drug-likeness (QED) is 0.833. The van der Waals surface area contributed by atoms with E-state index in [2.05, 4.69) is 10.3 Å². The Balaban J connectivity index is 2.28. The Morgan fingerprint density at radius 2 is 2.24 bits per heavy atom. The predicted octanol–water partition coefficient (Wildman–Crippen LogP) is 0.454. The molecule has 1 aromatic rings. The molecule has 1 aromatic heterocycles. The Morgan fingerprint density at radius 3 is 2.82 bits per heavy atom. The van der Waals surface area contributed by atoms with Crippen LogP contribution in [0.2, 0.25) is 0 Å². The minimum absolute atomic E-state index is 0.187. The number of aromatic nitrogens is 1. The maximum atomic E-state index is 12.3. The van der Waals surface area contributed by atoms with Crippen molar-refractivity contribution in [2.24, 2.45) is 0 Å². The van der Waals surface area contributed by atoms with Crippen LogP contribution >= 0.6 is 0 Å². The van der Waals surface area contributed by atoms with Crippen LogP contribution in [0.25, 0.3) is 0 Å². The SMILES string of the molecule is CC1(C)CN(S(=O)(=O)c2cccnc2)CCN1.